The van der Waals surface area contributed by atoms with Crippen LogP contribution in [0.3, 0.4) is 0 Å². The predicted octanol–water partition coefficient (Wildman–Crippen LogP) is 0.565. The summed E-state index contributed by atoms with van der Waals surface area (Å²) < 4.78 is 30.2. The van der Waals surface area contributed by atoms with Crippen molar-refractivity contribution in [1.82, 2.24) is 5.32 Å². The van der Waals surface area contributed by atoms with Gasteiger partial charge < -0.3 is 26.0 Å². The van der Waals surface area contributed by atoms with Crippen LogP contribution in [-0.2, 0) is 10.0 Å². The molecule has 0 saturated carbocycles. The Morgan fingerprint density at radius 3 is 2.50 bits per heavy atom. The molecule has 0 fully saturated rings. The lowest BCUT2D eigenvalue weighted by atomic mass is 10.1. The Kier molecular flexibility index (Phi) is 7.21. The van der Waals surface area contributed by atoms with Crippen LogP contribution in [0, 0.1) is 0 Å². The first kappa shape index (κ1) is 21.5. The number of aromatic hydroxyl groups is 1. The third-order valence-electron chi connectivity index (χ3n) is 3.72. The first-order valence-corrected chi connectivity index (χ1v) is 10.3. The number of anilines is 1. The van der Waals surface area contributed by atoms with Gasteiger partial charge in [-0.3, -0.25) is 9.52 Å². The molecule has 0 aliphatic carbocycles. The number of nitrogens with one attached hydrogen (secondary N) is 2. The van der Waals surface area contributed by atoms with Crippen LogP contribution in [-0.4, -0.2) is 50.5 Å². The highest BCUT2D eigenvalue weighted by Gasteiger charge is 2.10. The van der Waals surface area contributed by atoms with Gasteiger partial charge in [0.2, 0.25) is 10.0 Å². The zero-order chi connectivity index (χ0) is 20.7. The van der Waals surface area contributed by atoms with E-state index < -0.39 is 22.0 Å². The number of benzene rings is 2. The minimum absolute atomic E-state index is 0.0188. The molecule has 6 N–H and O–H groups in total. The molecule has 9 nitrogen and oxygen atoms in total. The maximum atomic E-state index is 11.2. The van der Waals surface area contributed by atoms with Crippen molar-refractivity contribution >= 4 is 21.6 Å². The van der Waals surface area contributed by atoms with E-state index >= 15 is 0 Å². The predicted molar refractivity (Wildman–Crippen MR) is 105 cm³/mol. The van der Waals surface area contributed by atoms with E-state index in [9.17, 15) is 23.4 Å². The maximum absolute atomic E-state index is 11.2. The molecule has 0 aromatic heterocycles. The number of amides is 1. The van der Waals surface area contributed by atoms with Gasteiger partial charge in [0, 0.05) is 18.8 Å². The first-order chi connectivity index (χ1) is 13.2. The molecule has 0 spiro atoms. The van der Waals surface area contributed by atoms with Crippen LogP contribution in [0.25, 0.3) is 0 Å². The largest absolute Gasteiger partial charge is 0.507 e. The van der Waals surface area contributed by atoms with E-state index in [2.05, 4.69) is 10.0 Å². The highest BCUT2D eigenvalue weighted by Crippen LogP contribution is 2.22. The molecule has 0 radical (unpaired) electrons. The standard InChI is InChI=1S/C18H23N3O6S/c1-28(25,26)21-13-4-2-12(3-5-13)17(23)11-20-8-9-27-14-6-7-16(22)15(10-14)18(19)24/h2-7,10,17,20-23H,8-9,11H2,1H3,(H2,19,24). The van der Waals surface area contributed by atoms with Crippen LogP contribution in [0.1, 0.15) is 22.0 Å². The zero-order valence-corrected chi connectivity index (χ0v) is 16.1. The van der Waals surface area contributed by atoms with Gasteiger partial charge in [-0.05, 0) is 35.9 Å². The van der Waals surface area contributed by atoms with Gasteiger partial charge in [0.25, 0.3) is 5.91 Å². The molecule has 10 heteroatoms. The normalized spacial score (nSPS) is 12.4. The smallest absolute Gasteiger partial charge is 0.252 e. The number of rotatable bonds is 10. The van der Waals surface area contributed by atoms with E-state index in [-0.39, 0.29) is 24.5 Å². The maximum Gasteiger partial charge on any atom is 0.252 e. The molecule has 0 saturated heterocycles. The summed E-state index contributed by atoms with van der Waals surface area (Å²) in [5, 5.41) is 22.7. The van der Waals surface area contributed by atoms with Crippen LogP contribution in [0.2, 0.25) is 0 Å². The minimum atomic E-state index is -3.34. The van der Waals surface area contributed by atoms with E-state index in [1.165, 1.54) is 18.2 Å². The molecule has 1 amide bonds. The van der Waals surface area contributed by atoms with Gasteiger partial charge in [0.05, 0.1) is 17.9 Å². The fourth-order valence-corrected chi connectivity index (χ4v) is 2.95. The number of sulfonamides is 1. The lowest BCUT2D eigenvalue weighted by molar-refractivity contribution is 0.0997. The number of carbonyl (C=O) groups is 1. The lowest BCUT2D eigenvalue weighted by Gasteiger charge is -2.14. The second kappa shape index (κ2) is 9.40. The molecule has 0 heterocycles. The number of hydrogen-bond donors (Lipinski definition) is 5. The minimum Gasteiger partial charge on any atom is -0.507 e. The molecule has 2 rings (SSSR count). The Labute approximate surface area is 163 Å². The van der Waals surface area contributed by atoms with Crippen LogP contribution >= 0.6 is 0 Å². The topological polar surface area (TPSA) is 151 Å². The molecule has 1 atom stereocenters. The number of hydrogen-bond acceptors (Lipinski definition) is 7. The molecular weight excluding hydrogens is 386 g/mol. The van der Waals surface area contributed by atoms with Crippen molar-refractivity contribution in [3.8, 4) is 11.5 Å². The Morgan fingerprint density at radius 1 is 1.21 bits per heavy atom. The summed E-state index contributed by atoms with van der Waals surface area (Å²) in [5.74, 6) is -0.566. The molecule has 152 valence electrons. The van der Waals surface area contributed by atoms with Gasteiger partial charge in [-0.2, -0.15) is 0 Å². The molecule has 2 aromatic carbocycles. The Morgan fingerprint density at radius 2 is 1.89 bits per heavy atom. The number of aliphatic hydroxyl groups excluding tert-OH is 1. The SMILES string of the molecule is CS(=O)(=O)Nc1ccc(C(O)CNCCOc2ccc(O)c(C(N)=O)c2)cc1. The molecule has 28 heavy (non-hydrogen) atoms. The molecule has 2 aromatic rings. The molecule has 1 unspecified atom stereocenters. The van der Waals surface area contributed by atoms with Crippen molar-refractivity contribution < 1.29 is 28.2 Å². The summed E-state index contributed by atoms with van der Waals surface area (Å²) in [6.07, 6.45) is 0.289. The number of aliphatic hydroxyl groups is 1. The van der Waals surface area contributed by atoms with Gasteiger partial charge in [0.15, 0.2) is 0 Å². The van der Waals surface area contributed by atoms with Gasteiger partial charge in [0.1, 0.15) is 18.1 Å². The fourth-order valence-electron chi connectivity index (χ4n) is 2.39. The van der Waals surface area contributed by atoms with Crippen LogP contribution in [0.15, 0.2) is 42.5 Å². The van der Waals surface area contributed by atoms with Crippen molar-refractivity contribution in [2.24, 2.45) is 5.73 Å². The van der Waals surface area contributed by atoms with Crippen molar-refractivity contribution in [2.75, 3.05) is 30.7 Å². The van der Waals surface area contributed by atoms with Gasteiger partial charge in [-0.1, -0.05) is 12.1 Å². The first-order valence-electron chi connectivity index (χ1n) is 8.38. The van der Waals surface area contributed by atoms with E-state index in [1.807, 2.05) is 0 Å². The summed E-state index contributed by atoms with van der Waals surface area (Å²) in [4.78, 5) is 11.2. The Balaban J connectivity index is 1.76. The van der Waals surface area contributed by atoms with Crippen molar-refractivity contribution in [1.29, 1.82) is 0 Å². The summed E-state index contributed by atoms with van der Waals surface area (Å²) in [6.45, 7) is 0.967. The van der Waals surface area contributed by atoms with Crippen molar-refractivity contribution in [3.63, 3.8) is 0 Å². The van der Waals surface area contributed by atoms with Crippen molar-refractivity contribution in [2.45, 2.75) is 6.10 Å². The average molecular weight is 409 g/mol. The number of primary amides is 1. The van der Waals surface area contributed by atoms with Crippen LogP contribution < -0.4 is 20.5 Å². The molecule has 0 bridgehead atoms. The second-order valence-corrected chi connectivity index (χ2v) is 7.86. The number of nitrogens with two attached hydrogens (primary N) is 1. The summed E-state index contributed by atoms with van der Waals surface area (Å²) in [5.41, 5.74) is 6.20. The van der Waals surface area contributed by atoms with Crippen LogP contribution in [0.4, 0.5) is 5.69 Å². The Hall–Kier alpha value is -2.82. The van der Waals surface area contributed by atoms with E-state index in [1.54, 1.807) is 24.3 Å². The quantitative estimate of drug-likeness (QED) is 0.360. The lowest BCUT2D eigenvalue weighted by Crippen LogP contribution is -2.26. The number of ether oxygens (including phenoxy) is 1. The Bertz CT molecular complexity index is 915. The average Bonchev–Trinajstić information content (AvgIpc) is 2.61. The van der Waals surface area contributed by atoms with E-state index in [0.29, 0.717) is 23.5 Å². The number of carbonyl (C=O) groups excluding carboxylic acids is 1. The summed E-state index contributed by atoms with van der Waals surface area (Å²) >= 11 is 0. The third-order valence-corrected chi connectivity index (χ3v) is 4.32. The number of phenols is 1. The highest BCUT2D eigenvalue weighted by atomic mass is 32.2. The zero-order valence-electron chi connectivity index (χ0n) is 15.3. The fraction of sp³-hybridized carbons (Fsp3) is 0.278. The summed E-state index contributed by atoms with van der Waals surface area (Å²) in [6, 6.07) is 10.6. The van der Waals surface area contributed by atoms with E-state index in [0.717, 1.165) is 6.26 Å². The van der Waals surface area contributed by atoms with Crippen molar-refractivity contribution in [3.05, 3.63) is 53.6 Å². The molecular formula is C18H23N3O6S. The molecule has 0 aliphatic rings. The van der Waals surface area contributed by atoms with Crippen LogP contribution in [0.5, 0.6) is 11.5 Å². The second-order valence-electron chi connectivity index (χ2n) is 6.11. The third kappa shape index (κ3) is 6.72. The van der Waals surface area contributed by atoms with Gasteiger partial charge in [-0.15, -0.1) is 0 Å². The van der Waals surface area contributed by atoms with Gasteiger partial charge in [-0.25, -0.2) is 8.42 Å². The van der Waals surface area contributed by atoms with Gasteiger partial charge >= 0.3 is 0 Å². The molecule has 0 aliphatic heterocycles. The van der Waals surface area contributed by atoms with E-state index in [4.69, 9.17) is 10.5 Å². The monoisotopic (exact) mass is 409 g/mol. The highest BCUT2D eigenvalue weighted by molar-refractivity contribution is 7.92. The summed E-state index contributed by atoms with van der Waals surface area (Å²) in [7, 11) is -3.34.